The van der Waals surface area contributed by atoms with Crippen molar-refractivity contribution in [2.24, 2.45) is 0 Å². The van der Waals surface area contributed by atoms with E-state index in [0.717, 1.165) is 17.5 Å². The first kappa shape index (κ1) is 19.8. The van der Waals surface area contributed by atoms with E-state index in [1.807, 2.05) is 24.3 Å². The minimum absolute atomic E-state index is 0.173. The lowest BCUT2D eigenvalue weighted by atomic mass is 9.99. The molecule has 0 radical (unpaired) electrons. The average molecular weight is 361 g/mol. The average Bonchev–Trinajstić information content (AvgIpc) is 2.65. The van der Waals surface area contributed by atoms with Crippen LogP contribution in [-0.2, 0) is 20.7 Å². The molecule has 142 valence electrons. The van der Waals surface area contributed by atoms with Gasteiger partial charge in [-0.3, -0.25) is 9.59 Å². The van der Waals surface area contributed by atoms with E-state index in [1.165, 1.54) is 0 Å². The lowest BCUT2D eigenvalue weighted by molar-refractivity contribution is -0.135. The number of benzene rings is 1. The minimum atomic E-state index is -0.835. The number of carbonyl (C=O) groups excluding carboxylic acids is 3. The van der Waals surface area contributed by atoms with Crippen LogP contribution in [0.15, 0.2) is 24.3 Å². The molecule has 1 aliphatic rings. The predicted molar refractivity (Wildman–Crippen MR) is 97.5 cm³/mol. The van der Waals surface area contributed by atoms with Gasteiger partial charge in [-0.25, -0.2) is 4.79 Å². The Kier molecular flexibility index (Phi) is 5.90. The summed E-state index contributed by atoms with van der Waals surface area (Å²) in [7, 11) is 1.72. The maximum Gasteiger partial charge on any atom is 0.408 e. The third-order valence-corrected chi connectivity index (χ3v) is 4.12. The van der Waals surface area contributed by atoms with Gasteiger partial charge in [0.25, 0.3) is 0 Å². The first-order valence-electron chi connectivity index (χ1n) is 8.71. The Morgan fingerprint density at radius 3 is 2.58 bits per heavy atom. The molecule has 0 aromatic heterocycles. The molecule has 2 atom stereocenters. The Morgan fingerprint density at radius 1 is 1.27 bits per heavy atom. The quantitative estimate of drug-likeness (QED) is 0.859. The molecule has 26 heavy (non-hydrogen) atoms. The van der Waals surface area contributed by atoms with Gasteiger partial charge in [0.2, 0.25) is 11.8 Å². The standard InChI is InChI=1S/C19H27N3O4/c1-12(20-18(25)26-19(2,3)4)16(23)21-15-14-9-7-6-8-13(14)10-11-22(5)17(15)24/h6-9,12,15H,10-11H2,1-5H3,(H,20,25)(H,21,23)/t12-,15?/m0/s1. The third kappa shape index (κ3) is 4.97. The molecule has 1 aliphatic heterocycles. The van der Waals surface area contributed by atoms with Gasteiger partial charge in [-0.2, -0.15) is 0 Å². The van der Waals surface area contributed by atoms with E-state index in [0.29, 0.717) is 6.54 Å². The van der Waals surface area contributed by atoms with Crippen LogP contribution in [0, 0.1) is 0 Å². The summed E-state index contributed by atoms with van der Waals surface area (Å²) in [5.74, 6) is -0.618. The number of ether oxygens (including phenoxy) is 1. The number of carbonyl (C=O) groups is 3. The van der Waals surface area contributed by atoms with Crippen LogP contribution in [-0.4, -0.2) is 48.0 Å². The van der Waals surface area contributed by atoms with Crippen LogP contribution < -0.4 is 10.6 Å². The van der Waals surface area contributed by atoms with Crippen LogP contribution in [0.2, 0.25) is 0 Å². The number of nitrogens with one attached hydrogen (secondary N) is 2. The van der Waals surface area contributed by atoms with Crippen LogP contribution in [0.25, 0.3) is 0 Å². The van der Waals surface area contributed by atoms with E-state index in [2.05, 4.69) is 10.6 Å². The van der Waals surface area contributed by atoms with Gasteiger partial charge < -0.3 is 20.3 Å². The maximum absolute atomic E-state index is 12.7. The van der Waals surface area contributed by atoms with Gasteiger partial charge in [0.1, 0.15) is 17.7 Å². The second-order valence-corrected chi connectivity index (χ2v) is 7.52. The molecular weight excluding hydrogens is 334 g/mol. The molecule has 3 amide bonds. The lowest BCUT2D eigenvalue weighted by Gasteiger charge is -2.25. The fourth-order valence-corrected chi connectivity index (χ4v) is 2.75. The Labute approximate surface area is 154 Å². The van der Waals surface area contributed by atoms with Crippen molar-refractivity contribution >= 4 is 17.9 Å². The number of fused-ring (bicyclic) bond motifs is 1. The van der Waals surface area contributed by atoms with Crippen molar-refractivity contribution in [1.82, 2.24) is 15.5 Å². The number of hydrogen-bond acceptors (Lipinski definition) is 4. The number of nitrogens with zero attached hydrogens (tertiary/aromatic N) is 1. The molecule has 1 aromatic carbocycles. The van der Waals surface area contributed by atoms with Crippen molar-refractivity contribution in [3.63, 3.8) is 0 Å². The van der Waals surface area contributed by atoms with Crippen molar-refractivity contribution in [3.8, 4) is 0 Å². The summed E-state index contributed by atoms with van der Waals surface area (Å²) in [6.07, 6.45) is 0.0566. The van der Waals surface area contributed by atoms with Crippen molar-refractivity contribution in [2.45, 2.75) is 51.8 Å². The molecule has 0 spiro atoms. The highest BCUT2D eigenvalue weighted by atomic mass is 16.6. The molecular formula is C19H27N3O4. The van der Waals surface area contributed by atoms with E-state index in [-0.39, 0.29) is 5.91 Å². The summed E-state index contributed by atoms with van der Waals surface area (Å²) < 4.78 is 5.16. The monoisotopic (exact) mass is 361 g/mol. The van der Waals surface area contributed by atoms with Gasteiger partial charge in [0.05, 0.1) is 0 Å². The number of rotatable bonds is 3. The van der Waals surface area contributed by atoms with Gasteiger partial charge in [0, 0.05) is 13.6 Å². The van der Waals surface area contributed by atoms with E-state index < -0.39 is 29.7 Å². The Bertz CT molecular complexity index is 696. The van der Waals surface area contributed by atoms with E-state index >= 15 is 0 Å². The normalized spacial score (nSPS) is 18.4. The molecule has 7 heteroatoms. The molecule has 0 saturated heterocycles. The van der Waals surface area contributed by atoms with Crippen LogP contribution in [0.3, 0.4) is 0 Å². The number of likely N-dealkylation sites (N-methyl/N-ethyl adjacent to an activating group) is 1. The number of amides is 3. The molecule has 1 aromatic rings. The van der Waals surface area contributed by atoms with Crippen molar-refractivity contribution in [2.75, 3.05) is 13.6 Å². The molecule has 2 N–H and O–H groups in total. The van der Waals surface area contributed by atoms with E-state index in [1.54, 1.807) is 39.6 Å². The van der Waals surface area contributed by atoms with Crippen LogP contribution in [0.4, 0.5) is 4.79 Å². The van der Waals surface area contributed by atoms with Gasteiger partial charge in [0.15, 0.2) is 0 Å². The van der Waals surface area contributed by atoms with Crippen LogP contribution >= 0.6 is 0 Å². The zero-order valence-corrected chi connectivity index (χ0v) is 16.0. The highest BCUT2D eigenvalue weighted by Crippen LogP contribution is 2.24. The second kappa shape index (κ2) is 7.76. The second-order valence-electron chi connectivity index (χ2n) is 7.52. The van der Waals surface area contributed by atoms with Gasteiger partial charge in [-0.05, 0) is 45.2 Å². The molecule has 1 unspecified atom stereocenters. The summed E-state index contributed by atoms with van der Waals surface area (Å²) in [6, 6.07) is 5.97. The van der Waals surface area contributed by atoms with Gasteiger partial charge in [-0.15, -0.1) is 0 Å². The molecule has 0 aliphatic carbocycles. The van der Waals surface area contributed by atoms with Crippen LogP contribution in [0.1, 0.15) is 44.9 Å². The lowest BCUT2D eigenvalue weighted by Crippen LogP contribution is -2.49. The fourth-order valence-electron chi connectivity index (χ4n) is 2.75. The zero-order valence-electron chi connectivity index (χ0n) is 16.0. The Morgan fingerprint density at radius 2 is 1.92 bits per heavy atom. The Balaban J connectivity index is 2.11. The zero-order chi connectivity index (χ0) is 19.5. The summed E-state index contributed by atoms with van der Waals surface area (Å²) in [5.41, 5.74) is 1.17. The molecule has 0 saturated carbocycles. The fraction of sp³-hybridized carbons (Fsp3) is 0.526. The summed E-state index contributed by atoms with van der Waals surface area (Å²) in [6.45, 7) is 7.38. The highest BCUT2D eigenvalue weighted by Gasteiger charge is 2.32. The van der Waals surface area contributed by atoms with E-state index in [4.69, 9.17) is 4.74 Å². The summed E-state index contributed by atoms with van der Waals surface area (Å²) >= 11 is 0. The topological polar surface area (TPSA) is 87.7 Å². The molecule has 0 bridgehead atoms. The first-order chi connectivity index (χ1) is 12.1. The van der Waals surface area contributed by atoms with Gasteiger partial charge >= 0.3 is 6.09 Å². The minimum Gasteiger partial charge on any atom is -0.444 e. The number of alkyl carbamates (subject to hydrolysis) is 1. The van der Waals surface area contributed by atoms with Crippen molar-refractivity contribution in [3.05, 3.63) is 35.4 Å². The smallest absolute Gasteiger partial charge is 0.408 e. The van der Waals surface area contributed by atoms with E-state index in [9.17, 15) is 14.4 Å². The summed E-state index contributed by atoms with van der Waals surface area (Å²) in [4.78, 5) is 38.7. The molecule has 1 heterocycles. The van der Waals surface area contributed by atoms with Crippen molar-refractivity contribution < 1.29 is 19.1 Å². The maximum atomic E-state index is 12.7. The predicted octanol–water partition coefficient (Wildman–Crippen LogP) is 1.77. The summed E-state index contributed by atoms with van der Waals surface area (Å²) in [5, 5.41) is 5.26. The Hall–Kier alpha value is -2.57. The SMILES string of the molecule is C[C@H](NC(=O)OC(C)(C)C)C(=O)NC1C(=O)N(C)CCc2ccccc21. The van der Waals surface area contributed by atoms with Crippen molar-refractivity contribution in [1.29, 1.82) is 0 Å². The first-order valence-corrected chi connectivity index (χ1v) is 8.71. The highest BCUT2D eigenvalue weighted by molar-refractivity contribution is 5.92. The van der Waals surface area contributed by atoms with Crippen LogP contribution in [0.5, 0.6) is 0 Å². The number of hydrogen-bond donors (Lipinski definition) is 2. The third-order valence-electron chi connectivity index (χ3n) is 4.12. The molecule has 2 rings (SSSR count). The molecule has 0 fully saturated rings. The molecule has 7 nitrogen and oxygen atoms in total. The van der Waals surface area contributed by atoms with Gasteiger partial charge in [-0.1, -0.05) is 24.3 Å². The largest absolute Gasteiger partial charge is 0.444 e.